The smallest absolute Gasteiger partial charge is 0.369 e. The number of nitrogens with one attached hydrogen (secondary N) is 1. The predicted octanol–water partition coefficient (Wildman–Crippen LogP) is 4.29. The van der Waals surface area contributed by atoms with Gasteiger partial charge in [0.05, 0.1) is 6.10 Å². The van der Waals surface area contributed by atoms with Gasteiger partial charge in [-0.25, -0.2) is 0 Å². The normalized spacial score (nSPS) is 34.9. The average Bonchev–Trinajstić information content (AvgIpc) is 2.43. The molecule has 2 saturated carbocycles. The van der Waals surface area contributed by atoms with Gasteiger partial charge in [0.25, 0.3) is 0 Å². The van der Waals surface area contributed by atoms with Gasteiger partial charge >= 0.3 is 6.18 Å². The maximum Gasteiger partial charge on any atom is 0.411 e. The summed E-state index contributed by atoms with van der Waals surface area (Å²) in [4.78, 5) is 0. The van der Waals surface area contributed by atoms with Crippen LogP contribution < -0.4 is 5.32 Å². The highest BCUT2D eigenvalue weighted by molar-refractivity contribution is 4.81. The second-order valence-electron chi connectivity index (χ2n) is 6.96. The molecule has 124 valence electrons. The summed E-state index contributed by atoms with van der Waals surface area (Å²) in [7, 11) is 0. The molecule has 4 unspecified atom stereocenters. The Morgan fingerprint density at radius 2 is 1.81 bits per heavy atom. The van der Waals surface area contributed by atoms with E-state index in [9.17, 15) is 13.2 Å². The highest BCUT2D eigenvalue weighted by Gasteiger charge is 2.31. The molecular weight excluding hydrogens is 279 g/mol. The van der Waals surface area contributed by atoms with Gasteiger partial charge in [-0.3, -0.25) is 0 Å². The van der Waals surface area contributed by atoms with Crippen molar-refractivity contribution in [3.63, 3.8) is 0 Å². The Morgan fingerprint density at radius 3 is 2.52 bits per heavy atom. The SMILES string of the molecule is CC1CCCC(CNC2CCCC(OCC(F)(F)F)C2)C1. The maximum absolute atomic E-state index is 12.2. The molecule has 0 aliphatic heterocycles. The lowest BCUT2D eigenvalue weighted by molar-refractivity contribution is -0.188. The van der Waals surface area contributed by atoms with Crippen LogP contribution in [0.15, 0.2) is 0 Å². The standard InChI is InChI=1S/C16H28F3NO/c1-12-4-2-5-13(8-12)10-20-14-6-3-7-15(9-14)21-11-16(17,18)19/h12-15,20H,2-11H2,1H3. The van der Waals surface area contributed by atoms with E-state index >= 15 is 0 Å². The van der Waals surface area contributed by atoms with Gasteiger partial charge in [0.15, 0.2) is 0 Å². The molecule has 0 amide bonds. The molecule has 4 atom stereocenters. The van der Waals surface area contributed by atoms with Crippen LogP contribution in [0.25, 0.3) is 0 Å². The van der Waals surface area contributed by atoms with Gasteiger partial charge in [-0.05, 0) is 56.9 Å². The number of hydrogen-bond acceptors (Lipinski definition) is 2. The van der Waals surface area contributed by atoms with Gasteiger partial charge in [-0.15, -0.1) is 0 Å². The third-order valence-electron chi connectivity index (χ3n) is 4.85. The fourth-order valence-electron chi connectivity index (χ4n) is 3.77. The molecule has 0 aromatic rings. The lowest BCUT2D eigenvalue weighted by atomic mass is 9.82. The van der Waals surface area contributed by atoms with E-state index in [2.05, 4.69) is 12.2 Å². The summed E-state index contributed by atoms with van der Waals surface area (Å²) in [6.07, 6.45) is 4.29. The van der Waals surface area contributed by atoms with Crippen molar-refractivity contribution in [2.75, 3.05) is 13.2 Å². The number of rotatable bonds is 5. The van der Waals surface area contributed by atoms with Crippen molar-refractivity contribution >= 4 is 0 Å². The first-order valence-electron chi connectivity index (χ1n) is 8.34. The van der Waals surface area contributed by atoms with Crippen LogP contribution in [0.2, 0.25) is 0 Å². The molecule has 0 bridgehead atoms. The Kier molecular flexibility index (Phi) is 6.35. The lowest BCUT2D eigenvalue weighted by Crippen LogP contribution is -2.40. The summed E-state index contributed by atoms with van der Waals surface area (Å²) >= 11 is 0. The Labute approximate surface area is 125 Å². The van der Waals surface area contributed by atoms with Gasteiger partial charge in [0.1, 0.15) is 6.61 Å². The van der Waals surface area contributed by atoms with E-state index in [0.717, 1.165) is 44.1 Å². The second kappa shape index (κ2) is 7.82. The lowest BCUT2D eigenvalue weighted by Gasteiger charge is -2.33. The predicted molar refractivity (Wildman–Crippen MR) is 77.2 cm³/mol. The Morgan fingerprint density at radius 1 is 1.05 bits per heavy atom. The minimum Gasteiger partial charge on any atom is -0.369 e. The third kappa shape index (κ3) is 6.55. The van der Waals surface area contributed by atoms with Crippen molar-refractivity contribution in [3.8, 4) is 0 Å². The summed E-state index contributed by atoms with van der Waals surface area (Å²) in [6.45, 7) is 2.22. The molecule has 2 nitrogen and oxygen atoms in total. The quantitative estimate of drug-likeness (QED) is 0.818. The topological polar surface area (TPSA) is 21.3 Å². The fourth-order valence-corrected chi connectivity index (χ4v) is 3.77. The van der Waals surface area contributed by atoms with E-state index in [1.165, 1.54) is 25.7 Å². The van der Waals surface area contributed by atoms with Crippen molar-refractivity contribution in [2.24, 2.45) is 11.8 Å². The van der Waals surface area contributed by atoms with E-state index in [0.29, 0.717) is 6.04 Å². The van der Waals surface area contributed by atoms with Crippen LogP contribution in [-0.4, -0.2) is 31.5 Å². The van der Waals surface area contributed by atoms with E-state index in [4.69, 9.17) is 4.74 Å². The highest BCUT2D eigenvalue weighted by Crippen LogP contribution is 2.29. The van der Waals surface area contributed by atoms with Crippen LogP contribution in [0.4, 0.5) is 13.2 Å². The average molecular weight is 307 g/mol. The Bertz CT molecular complexity index is 308. The molecule has 2 rings (SSSR count). The molecule has 0 aromatic heterocycles. The van der Waals surface area contributed by atoms with Gasteiger partial charge in [-0.2, -0.15) is 13.2 Å². The minimum atomic E-state index is -4.21. The summed E-state index contributed by atoms with van der Waals surface area (Å²) in [5, 5.41) is 3.58. The van der Waals surface area contributed by atoms with E-state index in [-0.39, 0.29) is 6.10 Å². The third-order valence-corrected chi connectivity index (χ3v) is 4.85. The van der Waals surface area contributed by atoms with Crippen molar-refractivity contribution in [2.45, 2.75) is 76.6 Å². The number of hydrogen-bond donors (Lipinski definition) is 1. The first kappa shape index (κ1) is 17.1. The second-order valence-corrected chi connectivity index (χ2v) is 6.96. The number of halogens is 3. The summed E-state index contributed by atoms with van der Waals surface area (Å²) in [5.74, 6) is 1.56. The fraction of sp³-hybridized carbons (Fsp3) is 1.00. The molecule has 0 saturated heterocycles. The molecule has 1 N–H and O–H groups in total. The van der Waals surface area contributed by atoms with Gasteiger partial charge in [0.2, 0.25) is 0 Å². The van der Waals surface area contributed by atoms with Gasteiger partial charge < -0.3 is 10.1 Å². The van der Waals surface area contributed by atoms with E-state index in [1.807, 2.05) is 0 Å². The van der Waals surface area contributed by atoms with Crippen molar-refractivity contribution in [1.29, 1.82) is 0 Å². The van der Waals surface area contributed by atoms with Crippen LogP contribution >= 0.6 is 0 Å². The summed E-state index contributed by atoms with van der Waals surface area (Å²) in [6, 6.07) is 0.328. The first-order chi connectivity index (χ1) is 9.92. The maximum atomic E-state index is 12.2. The van der Waals surface area contributed by atoms with Crippen molar-refractivity contribution < 1.29 is 17.9 Å². The zero-order valence-corrected chi connectivity index (χ0v) is 12.9. The molecule has 0 aromatic carbocycles. The molecule has 2 aliphatic carbocycles. The van der Waals surface area contributed by atoms with Crippen LogP contribution in [0.3, 0.4) is 0 Å². The van der Waals surface area contributed by atoms with Crippen LogP contribution in [0.1, 0.15) is 58.3 Å². The first-order valence-corrected chi connectivity index (χ1v) is 8.34. The molecule has 5 heteroatoms. The zero-order valence-electron chi connectivity index (χ0n) is 12.9. The van der Waals surface area contributed by atoms with Crippen molar-refractivity contribution in [1.82, 2.24) is 5.32 Å². The van der Waals surface area contributed by atoms with Crippen LogP contribution in [0, 0.1) is 11.8 Å². The monoisotopic (exact) mass is 307 g/mol. The largest absolute Gasteiger partial charge is 0.411 e. The van der Waals surface area contributed by atoms with Gasteiger partial charge in [-0.1, -0.05) is 19.8 Å². The highest BCUT2D eigenvalue weighted by atomic mass is 19.4. The zero-order chi connectivity index (χ0) is 15.3. The molecule has 2 aliphatic rings. The molecule has 0 radical (unpaired) electrons. The molecular formula is C16H28F3NO. The van der Waals surface area contributed by atoms with Crippen molar-refractivity contribution in [3.05, 3.63) is 0 Å². The van der Waals surface area contributed by atoms with Crippen LogP contribution in [-0.2, 0) is 4.74 Å². The summed E-state index contributed by atoms with van der Waals surface area (Å²) in [5.41, 5.74) is 0. The molecule has 21 heavy (non-hydrogen) atoms. The minimum absolute atomic E-state index is 0.233. The summed E-state index contributed by atoms with van der Waals surface area (Å²) < 4.78 is 41.6. The van der Waals surface area contributed by atoms with Gasteiger partial charge in [0, 0.05) is 6.04 Å². The number of ether oxygens (including phenoxy) is 1. The Balaban J connectivity index is 1.66. The number of alkyl halides is 3. The molecule has 2 fully saturated rings. The molecule has 0 heterocycles. The molecule has 0 spiro atoms. The van der Waals surface area contributed by atoms with E-state index in [1.54, 1.807) is 0 Å². The van der Waals surface area contributed by atoms with E-state index < -0.39 is 12.8 Å². The van der Waals surface area contributed by atoms with Crippen LogP contribution in [0.5, 0.6) is 0 Å². The Hall–Kier alpha value is -0.290.